The Hall–Kier alpha value is -3.27. The molecule has 26 heavy (non-hydrogen) atoms. The van der Waals surface area contributed by atoms with Crippen LogP contribution in [-0.4, -0.2) is 18.2 Å². The lowest BCUT2D eigenvalue weighted by Crippen LogP contribution is -2.20. The van der Waals surface area contributed by atoms with Crippen molar-refractivity contribution in [1.82, 2.24) is 0 Å². The van der Waals surface area contributed by atoms with Gasteiger partial charge in [0.25, 0.3) is 0 Å². The minimum absolute atomic E-state index is 0.145. The minimum atomic E-state index is -0.271. The Bertz CT molecular complexity index is 1010. The molecular formula is C22H15FO3. The average Bonchev–Trinajstić information content (AvgIpc) is 2.67. The van der Waals surface area contributed by atoms with Gasteiger partial charge >= 0.3 is 0 Å². The molecule has 3 aromatic carbocycles. The van der Waals surface area contributed by atoms with E-state index in [1.165, 1.54) is 12.1 Å². The first-order chi connectivity index (χ1) is 12.6. The summed E-state index contributed by atoms with van der Waals surface area (Å²) in [7, 11) is 0. The largest absolute Gasteiger partial charge is 0.493 e. The molecule has 0 aromatic heterocycles. The zero-order valence-corrected chi connectivity index (χ0v) is 13.9. The van der Waals surface area contributed by atoms with Gasteiger partial charge < -0.3 is 4.74 Å². The van der Waals surface area contributed by atoms with Gasteiger partial charge in [-0.3, -0.25) is 9.59 Å². The summed E-state index contributed by atoms with van der Waals surface area (Å²) < 4.78 is 18.6. The minimum Gasteiger partial charge on any atom is -0.493 e. The van der Waals surface area contributed by atoms with E-state index in [0.29, 0.717) is 41.0 Å². The maximum absolute atomic E-state index is 12.9. The van der Waals surface area contributed by atoms with Gasteiger partial charge in [-0.2, -0.15) is 0 Å². The number of carbonyl (C=O) groups excluding carboxylic acids is 2. The van der Waals surface area contributed by atoms with E-state index in [-0.39, 0.29) is 17.4 Å². The molecule has 3 nitrogen and oxygen atoms in total. The molecule has 0 radical (unpaired) electrons. The fourth-order valence-electron chi connectivity index (χ4n) is 3.11. The van der Waals surface area contributed by atoms with Gasteiger partial charge in [0.2, 0.25) is 0 Å². The van der Waals surface area contributed by atoms with Crippen LogP contribution in [0.3, 0.4) is 0 Å². The summed E-state index contributed by atoms with van der Waals surface area (Å²) in [5.41, 5.74) is 2.60. The molecule has 0 amide bonds. The first kappa shape index (κ1) is 16.2. The van der Waals surface area contributed by atoms with Crippen molar-refractivity contribution in [3.63, 3.8) is 0 Å². The molecule has 4 rings (SSSR count). The molecule has 0 heterocycles. The zero-order chi connectivity index (χ0) is 18.1. The second-order valence-corrected chi connectivity index (χ2v) is 6.14. The third kappa shape index (κ3) is 2.90. The molecule has 1 aliphatic carbocycles. The molecule has 0 unspecified atom stereocenters. The number of benzene rings is 3. The van der Waals surface area contributed by atoms with Gasteiger partial charge in [-0.05, 0) is 35.9 Å². The third-order valence-electron chi connectivity index (χ3n) is 4.47. The Morgan fingerprint density at radius 2 is 1.35 bits per heavy atom. The summed E-state index contributed by atoms with van der Waals surface area (Å²) in [6, 6.07) is 18.0. The molecule has 0 aliphatic heterocycles. The number of fused-ring (bicyclic) bond motifs is 2. The molecule has 3 aromatic rings. The highest BCUT2D eigenvalue weighted by Crippen LogP contribution is 2.29. The normalized spacial score (nSPS) is 12.5. The fraction of sp³-hybridized carbons (Fsp3) is 0.0909. The zero-order valence-electron chi connectivity index (χ0n) is 13.9. The Balaban J connectivity index is 1.53. The SMILES string of the molecule is O=C1c2ccccc2C(=O)c2cc(OCCc3ccc(F)cc3)ccc21. The van der Waals surface area contributed by atoms with E-state index in [1.54, 1.807) is 54.6 Å². The molecule has 0 fully saturated rings. The van der Waals surface area contributed by atoms with Crippen LogP contribution in [0.1, 0.15) is 37.4 Å². The van der Waals surface area contributed by atoms with Crippen LogP contribution in [0.4, 0.5) is 4.39 Å². The Morgan fingerprint density at radius 3 is 2.04 bits per heavy atom. The molecule has 1 aliphatic rings. The second-order valence-electron chi connectivity index (χ2n) is 6.14. The van der Waals surface area contributed by atoms with Crippen LogP contribution in [0.25, 0.3) is 0 Å². The van der Waals surface area contributed by atoms with Gasteiger partial charge in [-0.25, -0.2) is 4.39 Å². The monoisotopic (exact) mass is 346 g/mol. The van der Waals surface area contributed by atoms with Crippen LogP contribution in [0.2, 0.25) is 0 Å². The van der Waals surface area contributed by atoms with E-state index in [9.17, 15) is 14.0 Å². The van der Waals surface area contributed by atoms with Crippen molar-refractivity contribution in [2.24, 2.45) is 0 Å². The van der Waals surface area contributed by atoms with Crippen LogP contribution >= 0.6 is 0 Å². The lowest BCUT2D eigenvalue weighted by Gasteiger charge is -2.18. The summed E-state index contributed by atoms with van der Waals surface area (Å²) in [6.45, 7) is 0.392. The topological polar surface area (TPSA) is 43.4 Å². The van der Waals surface area contributed by atoms with Gasteiger partial charge in [-0.15, -0.1) is 0 Å². The van der Waals surface area contributed by atoms with Crippen molar-refractivity contribution in [2.45, 2.75) is 6.42 Å². The predicted molar refractivity (Wildman–Crippen MR) is 95.3 cm³/mol. The molecule has 128 valence electrons. The van der Waals surface area contributed by atoms with Gasteiger partial charge in [0, 0.05) is 28.7 Å². The van der Waals surface area contributed by atoms with Crippen molar-refractivity contribution in [1.29, 1.82) is 0 Å². The molecule has 4 heteroatoms. The molecule has 0 bridgehead atoms. The Labute approximate surface area is 150 Å². The van der Waals surface area contributed by atoms with Crippen LogP contribution in [-0.2, 0) is 6.42 Å². The van der Waals surface area contributed by atoms with Crippen LogP contribution < -0.4 is 4.74 Å². The number of carbonyl (C=O) groups is 2. The van der Waals surface area contributed by atoms with Crippen molar-refractivity contribution < 1.29 is 18.7 Å². The molecule has 0 saturated heterocycles. The Kier molecular flexibility index (Phi) is 4.09. The Morgan fingerprint density at radius 1 is 0.731 bits per heavy atom. The molecular weight excluding hydrogens is 331 g/mol. The molecule has 0 N–H and O–H groups in total. The number of rotatable bonds is 4. The van der Waals surface area contributed by atoms with Crippen molar-refractivity contribution >= 4 is 11.6 Å². The van der Waals surface area contributed by atoms with Gasteiger partial charge in [0.15, 0.2) is 11.6 Å². The van der Waals surface area contributed by atoms with Crippen LogP contribution in [0.15, 0.2) is 66.7 Å². The number of halogens is 1. The van der Waals surface area contributed by atoms with Crippen molar-refractivity contribution in [3.05, 3.63) is 100 Å². The lowest BCUT2D eigenvalue weighted by molar-refractivity contribution is 0.0978. The van der Waals surface area contributed by atoms with E-state index in [2.05, 4.69) is 0 Å². The number of hydrogen-bond acceptors (Lipinski definition) is 3. The maximum Gasteiger partial charge on any atom is 0.194 e. The summed E-state index contributed by atoms with van der Waals surface area (Å²) in [6.07, 6.45) is 0.618. The average molecular weight is 346 g/mol. The highest BCUT2D eigenvalue weighted by molar-refractivity contribution is 6.28. The molecule has 0 saturated carbocycles. The van der Waals surface area contributed by atoms with E-state index in [1.807, 2.05) is 0 Å². The summed E-state index contributed by atoms with van der Waals surface area (Å²) >= 11 is 0. The standard InChI is InChI=1S/C22H15FO3/c23-15-7-5-14(6-8-15)11-12-26-16-9-10-19-20(13-16)22(25)18-4-2-1-3-17(18)21(19)24/h1-10,13H,11-12H2. The number of ether oxygens (including phenoxy) is 1. The highest BCUT2D eigenvalue weighted by Gasteiger charge is 2.29. The van der Waals surface area contributed by atoms with Crippen molar-refractivity contribution in [2.75, 3.05) is 6.61 Å². The van der Waals surface area contributed by atoms with Crippen LogP contribution in [0.5, 0.6) is 5.75 Å². The number of hydrogen-bond donors (Lipinski definition) is 0. The van der Waals surface area contributed by atoms with E-state index in [4.69, 9.17) is 4.74 Å². The van der Waals surface area contributed by atoms with Gasteiger partial charge in [0.05, 0.1) is 6.61 Å². The lowest BCUT2D eigenvalue weighted by atomic mass is 9.84. The van der Waals surface area contributed by atoms with E-state index in [0.717, 1.165) is 5.56 Å². The first-order valence-corrected chi connectivity index (χ1v) is 8.33. The number of ketones is 2. The predicted octanol–water partition coefficient (Wildman–Crippen LogP) is 4.22. The van der Waals surface area contributed by atoms with Crippen molar-refractivity contribution in [3.8, 4) is 5.75 Å². The smallest absolute Gasteiger partial charge is 0.194 e. The summed E-state index contributed by atoms with van der Waals surface area (Å²) in [4.78, 5) is 25.3. The molecule has 0 atom stereocenters. The molecule has 0 spiro atoms. The van der Waals surface area contributed by atoms with E-state index < -0.39 is 0 Å². The summed E-state index contributed by atoms with van der Waals surface area (Å²) in [5, 5.41) is 0. The fourth-order valence-corrected chi connectivity index (χ4v) is 3.11. The van der Waals surface area contributed by atoms with Gasteiger partial charge in [-0.1, -0.05) is 36.4 Å². The highest BCUT2D eigenvalue weighted by atomic mass is 19.1. The van der Waals surface area contributed by atoms with E-state index >= 15 is 0 Å². The maximum atomic E-state index is 12.9. The quantitative estimate of drug-likeness (QED) is 0.556. The third-order valence-corrected chi connectivity index (χ3v) is 4.47. The van der Waals surface area contributed by atoms with Gasteiger partial charge in [0.1, 0.15) is 11.6 Å². The second kappa shape index (κ2) is 6.56. The summed E-state index contributed by atoms with van der Waals surface area (Å²) in [5.74, 6) is -0.0496. The first-order valence-electron chi connectivity index (χ1n) is 8.33. The van der Waals surface area contributed by atoms with Crippen LogP contribution in [0, 0.1) is 5.82 Å².